The molecule has 1 aliphatic rings. The summed E-state index contributed by atoms with van der Waals surface area (Å²) in [4.78, 5) is 14.7. The summed E-state index contributed by atoms with van der Waals surface area (Å²) in [6.07, 6.45) is 4.09. The van der Waals surface area contributed by atoms with Crippen LogP contribution in [0.15, 0.2) is 0 Å². The monoisotopic (exact) mass is 268 g/mol. The molecule has 1 amide bonds. The molecule has 0 aromatic carbocycles. The van der Waals surface area contributed by atoms with Gasteiger partial charge in [0.05, 0.1) is 0 Å². The highest BCUT2D eigenvalue weighted by Crippen LogP contribution is 2.45. The first kappa shape index (κ1) is 16.5. The summed E-state index contributed by atoms with van der Waals surface area (Å²) >= 11 is 0. The third kappa shape index (κ3) is 3.31. The van der Waals surface area contributed by atoms with Gasteiger partial charge in [0.25, 0.3) is 0 Å². The van der Waals surface area contributed by atoms with Crippen LogP contribution >= 0.6 is 0 Å². The second kappa shape index (κ2) is 6.25. The Kier molecular flexibility index (Phi) is 5.43. The predicted octanol–water partition coefficient (Wildman–Crippen LogP) is 3.03. The Balaban J connectivity index is 2.81. The van der Waals surface area contributed by atoms with Gasteiger partial charge >= 0.3 is 0 Å². The molecule has 2 N–H and O–H groups in total. The number of nitrogens with zero attached hydrogens (tertiary/aromatic N) is 1. The third-order valence-corrected chi connectivity index (χ3v) is 5.52. The Morgan fingerprint density at radius 2 is 2.00 bits per heavy atom. The predicted molar refractivity (Wildman–Crippen MR) is 80.8 cm³/mol. The van der Waals surface area contributed by atoms with Crippen LogP contribution in [0.4, 0.5) is 0 Å². The maximum Gasteiger partial charge on any atom is 0.226 e. The van der Waals surface area contributed by atoms with Crippen LogP contribution in [0.25, 0.3) is 0 Å². The third-order valence-electron chi connectivity index (χ3n) is 5.52. The Hall–Kier alpha value is -0.570. The SMILES string of the molecule is CCCC(C)N(C)C(=O)C1CCC(N)C(C)C1(C)C. The largest absolute Gasteiger partial charge is 0.343 e. The van der Waals surface area contributed by atoms with Crippen molar-refractivity contribution in [3.8, 4) is 0 Å². The van der Waals surface area contributed by atoms with Crippen LogP contribution in [-0.4, -0.2) is 29.9 Å². The Morgan fingerprint density at radius 3 is 2.53 bits per heavy atom. The maximum absolute atomic E-state index is 12.8. The topological polar surface area (TPSA) is 46.3 Å². The van der Waals surface area contributed by atoms with E-state index in [9.17, 15) is 4.79 Å². The Morgan fingerprint density at radius 1 is 1.42 bits per heavy atom. The molecule has 3 heteroatoms. The van der Waals surface area contributed by atoms with Gasteiger partial charge in [0.1, 0.15) is 0 Å². The number of carbonyl (C=O) groups is 1. The smallest absolute Gasteiger partial charge is 0.226 e. The van der Waals surface area contributed by atoms with Gasteiger partial charge in [-0.15, -0.1) is 0 Å². The fourth-order valence-corrected chi connectivity index (χ4v) is 3.37. The molecule has 0 aromatic heterocycles. The Bertz CT molecular complexity index is 314. The molecule has 1 saturated carbocycles. The molecule has 0 spiro atoms. The van der Waals surface area contributed by atoms with Crippen molar-refractivity contribution in [3.63, 3.8) is 0 Å². The van der Waals surface area contributed by atoms with E-state index in [1.165, 1.54) is 0 Å². The molecular formula is C16H32N2O. The molecular weight excluding hydrogens is 236 g/mol. The van der Waals surface area contributed by atoms with Gasteiger partial charge in [-0.25, -0.2) is 0 Å². The summed E-state index contributed by atoms with van der Waals surface area (Å²) in [7, 11) is 1.96. The molecule has 0 bridgehead atoms. The van der Waals surface area contributed by atoms with Gasteiger partial charge in [0.15, 0.2) is 0 Å². The first-order valence-corrected chi connectivity index (χ1v) is 7.75. The molecule has 0 saturated heterocycles. The minimum Gasteiger partial charge on any atom is -0.343 e. The van der Waals surface area contributed by atoms with Crippen LogP contribution in [-0.2, 0) is 4.79 Å². The highest BCUT2D eigenvalue weighted by atomic mass is 16.2. The molecule has 1 fully saturated rings. The van der Waals surface area contributed by atoms with Crippen molar-refractivity contribution in [1.29, 1.82) is 0 Å². The van der Waals surface area contributed by atoms with E-state index >= 15 is 0 Å². The van der Waals surface area contributed by atoms with E-state index in [0.29, 0.717) is 17.9 Å². The number of amides is 1. The molecule has 0 heterocycles. The van der Waals surface area contributed by atoms with Gasteiger partial charge in [0, 0.05) is 25.0 Å². The summed E-state index contributed by atoms with van der Waals surface area (Å²) in [6, 6.07) is 0.566. The Labute approximate surface area is 118 Å². The molecule has 0 aromatic rings. The first-order valence-electron chi connectivity index (χ1n) is 7.75. The van der Waals surface area contributed by atoms with Crippen LogP contribution in [0.2, 0.25) is 0 Å². The zero-order chi connectivity index (χ0) is 14.8. The van der Waals surface area contributed by atoms with E-state index in [1.807, 2.05) is 11.9 Å². The quantitative estimate of drug-likeness (QED) is 0.852. The molecule has 0 radical (unpaired) electrons. The molecule has 4 unspecified atom stereocenters. The maximum atomic E-state index is 12.8. The van der Waals surface area contributed by atoms with Crippen LogP contribution in [0.3, 0.4) is 0 Å². The number of hydrogen-bond acceptors (Lipinski definition) is 2. The molecule has 112 valence electrons. The normalized spacial score (nSPS) is 31.8. The number of carbonyl (C=O) groups excluding carboxylic acids is 1. The average Bonchev–Trinajstić information content (AvgIpc) is 2.35. The molecule has 4 atom stereocenters. The van der Waals surface area contributed by atoms with Crippen LogP contribution in [0.1, 0.15) is 60.3 Å². The van der Waals surface area contributed by atoms with Gasteiger partial charge < -0.3 is 10.6 Å². The van der Waals surface area contributed by atoms with Gasteiger partial charge in [-0.05, 0) is 37.5 Å². The van der Waals surface area contributed by atoms with E-state index in [0.717, 1.165) is 25.7 Å². The lowest BCUT2D eigenvalue weighted by Crippen LogP contribution is -2.53. The zero-order valence-corrected chi connectivity index (χ0v) is 13.6. The summed E-state index contributed by atoms with van der Waals surface area (Å²) in [5.74, 6) is 0.821. The molecule has 1 rings (SSSR count). The van der Waals surface area contributed by atoms with Crippen molar-refractivity contribution in [1.82, 2.24) is 4.90 Å². The lowest BCUT2D eigenvalue weighted by atomic mass is 9.60. The first-order chi connectivity index (χ1) is 8.73. The van der Waals surface area contributed by atoms with Crippen LogP contribution in [0, 0.1) is 17.3 Å². The van der Waals surface area contributed by atoms with E-state index < -0.39 is 0 Å². The molecule has 19 heavy (non-hydrogen) atoms. The minimum absolute atomic E-state index is 0.00502. The van der Waals surface area contributed by atoms with E-state index in [-0.39, 0.29) is 17.4 Å². The van der Waals surface area contributed by atoms with Crippen LogP contribution in [0.5, 0.6) is 0 Å². The number of nitrogens with two attached hydrogens (primary N) is 1. The van der Waals surface area contributed by atoms with Gasteiger partial charge in [-0.1, -0.05) is 34.1 Å². The number of rotatable bonds is 4. The summed E-state index contributed by atoms with van der Waals surface area (Å²) < 4.78 is 0. The van der Waals surface area contributed by atoms with Crippen molar-refractivity contribution in [3.05, 3.63) is 0 Å². The van der Waals surface area contributed by atoms with Gasteiger partial charge in [-0.2, -0.15) is 0 Å². The molecule has 1 aliphatic carbocycles. The van der Waals surface area contributed by atoms with E-state index in [2.05, 4.69) is 34.6 Å². The lowest BCUT2D eigenvalue weighted by Gasteiger charge is -2.47. The van der Waals surface area contributed by atoms with Gasteiger partial charge in [0.2, 0.25) is 5.91 Å². The second-order valence-electron chi connectivity index (χ2n) is 6.99. The second-order valence-corrected chi connectivity index (χ2v) is 6.99. The number of hydrogen-bond donors (Lipinski definition) is 1. The summed E-state index contributed by atoms with van der Waals surface area (Å²) in [5, 5.41) is 0. The van der Waals surface area contributed by atoms with E-state index in [1.54, 1.807) is 0 Å². The summed E-state index contributed by atoms with van der Waals surface area (Å²) in [5.41, 5.74) is 6.17. The lowest BCUT2D eigenvalue weighted by molar-refractivity contribution is -0.144. The highest BCUT2D eigenvalue weighted by molar-refractivity contribution is 5.79. The van der Waals surface area contributed by atoms with Crippen molar-refractivity contribution < 1.29 is 4.79 Å². The fraction of sp³-hybridized carbons (Fsp3) is 0.938. The van der Waals surface area contributed by atoms with Crippen molar-refractivity contribution >= 4 is 5.91 Å². The minimum atomic E-state index is -0.00502. The van der Waals surface area contributed by atoms with Crippen molar-refractivity contribution in [2.75, 3.05) is 7.05 Å². The molecule has 0 aliphatic heterocycles. The van der Waals surface area contributed by atoms with Gasteiger partial charge in [-0.3, -0.25) is 4.79 Å². The van der Waals surface area contributed by atoms with Crippen molar-refractivity contribution in [2.45, 2.75) is 72.4 Å². The average molecular weight is 268 g/mol. The molecule has 3 nitrogen and oxygen atoms in total. The van der Waals surface area contributed by atoms with E-state index in [4.69, 9.17) is 5.73 Å². The summed E-state index contributed by atoms with van der Waals surface area (Å²) in [6.45, 7) is 10.9. The highest BCUT2D eigenvalue weighted by Gasteiger charge is 2.46. The van der Waals surface area contributed by atoms with Crippen LogP contribution < -0.4 is 5.73 Å². The fourth-order valence-electron chi connectivity index (χ4n) is 3.37. The standard InChI is InChI=1S/C16H32N2O/c1-7-8-11(2)18(6)15(19)13-9-10-14(17)12(3)16(13,4)5/h11-14H,7-10,17H2,1-6H3. The van der Waals surface area contributed by atoms with Crippen molar-refractivity contribution in [2.24, 2.45) is 23.0 Å². The zero-order valence-electron chi connectivity index (χ0n) is 13.6.